The van der Waals surface area contributed by atoms with E-state index in [1.807, 2.05) is 0 Å². The summed E-state index contributed by atoms with van der Waals surface area (Å²) in [7, 11) is 1.23. The fourth-order valence-corrected chi connectivity index (χ4v) is 0. The van der Waals surface area contributed by atoms with Crippen LogP contribution in [0, 0.1) is 0 Å². The molecule has 0 amide bonds. The third-order valence-corrected chi connectivity index (χ3v) is 2.00. The number of hydrogen-bond acceptors (Lipinski definition) is 0. The summed E-state index contributed by atoms with van der Waals surface area (Å²) in [6, 6.07) is 0. The molecule has 0 heterocycles. The smallest absolute Gasteiger partial charge is 0.0328 e. The van der Waals surface area contributed by atoms with E-state index in [4.69, 9.17) is 0 Å². The Bertz CT molecular complexity index is 54.0. The Hall–Kier alpha value is -0.0431. The first-order chi connectivity index (χ1) is 2.64. The predicted molar refractivity (Wildman–Crippen MR) is 34.0 cm³/mol. The van der Waals surface area contributed by atoms with E-state index in [1.54, 1.807) is 5.20 Å². The van der Waals surface area contributed by atoms with Gasteiger partial charge in [-0.25, -0.2) is 0 Å². The molecule has 0 aliphatic heterocycles. The molecule has 0 aromatic heterocycles. The zero-order valence-corrected chi connectivity index (χ0v) is 7.00. The Morgan fingerprint density at radius 1 is 1.17 bits per heavy atom. The monoisotopic (exact) mass is 100 g/mol. The van der Waals surface area contributed by atoms with Crippen LogP contribution in [0.25, 0.3) is 0 Å². The lowest BCUT2D eigenvalue weighted by Crippen LogP contribution is -1.73. The average molecular weight is 100 g/mol. The minimum Gasteiger partial charge on any atom is -0.0961 e. The second kappa shape index (κ2) is 2.19. The minimum atomic E-state index is 1.23. The summed E-state index contributed by atoms with van der Waals surface area (Å²) in [4.78, 5) is 0. The van der Waals surface area contributed by atoms with Gasteiger partial charge in [-0.2, -0.15) is 0 Å². The van der Waals surface area contributed by atoms with Gasteiger partial charge < -0.3 is 0 Å². The van der Waals surface area contributed by atoms with Gasteiger partial charge >= 0.3 is 0 Å². The second-order valence-electron chi connectivity index (χ2n) is 2.00. The van der Waals surface area contributed by atoms with E-state index in [2.05, 4.69) is 20.8 Å². The summed E-state index contributed by atoms with van der Waals surface area (Å²) < 4.78 is 0. The molecule has 0 atom stereocenters. The topological polar surface area (TPSA) is 0 Å². The molecule has 0 aliphatic rings. The van der Waals surface area contributed by atoms with Crippen LogP contribution < -0.4 is 0 Å². The highest BCUT2D eigenvalue weighted by atomic mass is 28.1. The van der Waals surface area contributed by atoms with E-state index in [1.165, 1.54) is 15.8 Å². The van der Waals surface area contributed by atoms with Crippen LogP contribution in [0.3, 0.4) is 0 Å². The van der Waals surface area contributed by atoms with Crippen molar-refractivity contribution in [1.29, 1.82) is 0 Å². The van der Waals surface area contributed by atoms with Crippen LogP contribution in [0.1, 0.15) is 20.8 Å². The predicted octanol–water partition coefficient (Wildman–Crippen LogP) is 0.666. The molecule has 0 bridgehead atoms. The molecule has 0 aliphatic carbocycles. The zero-order valence-electron chi connectivity index (χ0n) is 5.00. The van der Waals surface area contributed by atoms with Gasteiger partial charge in [-0.1, -0.05) is 10.8 Å². The first kappa shape index (κ1) is 5.96. The van der Waals surface area contributed by atoms with E-state index in [0.717, 1.165) is 0 Å². The Morgan fingerprint density at radius 2 is 1.33 bits per heavy atom. The normalized spacial score (nSPS) is 8.50. The van der Waals surface area contributed by atoms with Crippen LogP contribution in [0.2, 0.25) is 0 Å². The van der Waals surface area contributed by atoms with Crippen LogP contribution in [0.5, 0.6) is 0 Å². The van der Waals surface area contributed by atoms with Crippen molar-refractivity contribution in [1.82, 2.24) is 0 Å². The van der Waals surface area contributed by atoms with Crippen LogP contribution >= 0.6 is 0 Å². The van der Waals surface area contributed by atoms with Crippen LogP contribution in [0.15, 0.2) is 10.8 Å². The summed E-state index contributed by atoms with van der Waals surface area (Å²) >= 11 is 0. The summed E-state index contributed by atoms with van der Waals surface area (Å²) in [5.41, 5.74) is 1.49. The van der Waals surface area contributed by atoms with E-state index in [-0.39, 0.29) is 0 Å². The zero-order chi connectivity index (χ0) is 5.15. The Balaban J connectivity index is 3.68. The largest absolute Gasteiger partial charge is 0.0961 e. The van der Waals surface area contributed by atoms with Crippen LogP contribution in [-0.4, -0.2) is 10.2 Å². The molecule has 0 saturated heterocycles. The maximum atomic E-state index is 2.18. The molecule has 6 heavy (non-hydrogen) atoms. The van der Waals surface area contributed by atoms with Crippen molar-refractivity contribution in [3.05, 3.63) is 10.8 Å². The van der Waals surface area contributed by atoms with E-state index in [0.29, 0.717) is 0 Å². The molecule has 36 valence electrons. The standard InChI is InChI=1S/C5H12Si/c1-4(2)5(3)6/h1-3,6H3. The van der Waals surface area contributed by atoms with Gasteiger partial charge in [0.1, 0.15) is 0 Å². The molecular weight excluding hydrogens is 88.1 g/mol. The fraction of sp³-hybridized carbons (Fsp3) is 0.600. The van der Waals surface area contributed by atoms with Gasteiger partial charge in [-0.15, -0.1) is 0 Å². The molecule has 0 spiro atoms. The highest BCUT2D eigenvalue weighted by molar-refractivity contribution is 6.21. The molecule has 1 heteroatoms. The molecule has 0 nitrogen and oxygen atoms in total. The number of allylic oxidation sites excluding steroid dienone is 2. The molecular formula is C5H12Si. The first-order valence-corrected chi connectivity index (χ1v) is 3.25. The number of hydrogen-bond donors (Lipinski definition) is 0. The lowest BCUT2D eigenvalue weighted by atomic mass is 10.3. The van der Waals surface area contributed by atoms with Gasteiger partial charge in [0, 0.05) is 10.2 Å². The highest BCUT2D eigenvalue weighted by Gasteiger charge is 1.75. The first-order valence-electron chi connectivity index (χ1n) is 2.25. The van der Waals surface area contributed by atoms with Gasteiger partial charge in [0.15, 0.2) is 0 Å². The Labute approximate surface area is 42.7 Å². The van der Waals surface area contributed by atoms with Crippen molar-refractivity contribution in [3.63, 3.8) is 0 Å². The summed E-state index contributed by atoms with van der Waals surface area (Å²) in [6.45, 7) is 6.49. The van der Waals surface area contributed by atoms with Gasteiger partial charge in [-0.3, -0.25) is 0 Å². The maximum Gasteiger partial charge on any atom is 0.0328 e. The molecule has 0 radical (unpaired) electrons. The maximum absolute atomic E-state index is 2.18. The van der Waals surface area contributed by atoms with Crippen molar-refractivity contribution in [2.75, 3.05) is 0 Å². The average Bonchev–Trinajstić information content (AvgIpc) is 1.36. The lowest BCUT2D eigenvalue weighted by molar-refractivity contribution is 1.34. The van der Waals surface area contributed by atoms with Crippen LogP contribution in [0.4, 0.5) is 0 Å². The van der Waals surface area contributed by atoms with Gasteiger partial charge in [0.05, 0.1) is 0 Å². The molecule has 0 fully saturated rings. The SMILES string of the molecule is CC(C)=C(C)[SiH3]. The van der Waals surface area contributed by atoms with Crippen molar-refractivity contribution >= 4 is 10.2 Å². The molecule has 0 rings (SSSR count). The lowest BCUT2D eigenvalue weighted by Gasteiger charge is -1.88. The fourth-order valence-electron chi connectivity index (χ4n) is 0. The van der Waals surface area contributed by atoms with E-state index >= 15 is 0 Å². The van der Waals surface area contributed by atoms with Crippen LogP contribution in [-0.2, 0) is 0 Å². The molecule has 0 aromatic rings. The van der Waals surface area contributed by atoms with Gasteiger partial charge in [0.25, 0.3) is 0 Å². The second-order valence-corrected chi connectivity index (χ2v) is 3.50. The molecule has 0 N–H and O–H groups in total. The molecule has 0 saturated carbocycles. The van der Waals surface area contributed by atoms with Crippen molar-refractivity contribution < 1.29 is 0 Å². The number of rotatable bonds is 0. The molecule has 0 unspecified atom stereocenters. The molecule has 0 aromatic carbocycles. The Kier molecular flexibility index (Phi) is 2.17. The Morgan fingerprint density at radius 3 is 1.33 bits per heavy atom. The summed E-state index contributed by atoms with van der Waals surface area (Å²) in [6.07, 6.45) is 0. The van der Waals surface area contributed by atoms with E-state index < -0.39 is 0 Å². The summed E-state index contributed by atoms with van der Waals surface area (Å²) in [5, 5.41) is 1.56. The highest BCUT2D eigenvalue weighted by Crippen LogP contribution is 1.93. The minimum absolute atomic E-state index is 1.23. The van der Waals surface area contributed by atoms with Crippen molar-refractivity contribution in [2.45, 2.75) is 20.8 Å². The van der Waals surface area contributed by atoms with Crippen molar-refractivity contribution in [3.8, 4) is 0 Å². The summed E-state index contributed by atoms with van der Waals surface area (Å²) in [5.74, 6) is 0. The van der Waals surface area contributed by atoms with E-state index in [9.17, 15) is 0 Å². The van der Waals surface area contributed by atoms with Crippen molar-refractivity contribution in [2.24, 2.45) is 0 Å². The third-order valence-electron chi connectivity index (χ3n) is 1.00. The quantitative estimate of drug-likeness (QED) is 0.392. The third kappa shape index (κ3) is 2.21. The van der Waals surface area contributed by atoms with Gasteiger partial charge in [0.2, 0.25) is 0 Å². The van der Waals surface area contributed by atoms with Gasteiger partial charge in [-0.05, 0) is 20.8 Å².